The molecule has 28 heavy (non-hydrogen) atoms. The smallest absolute Gasteiger partial charge is 0.123 e. The molecule has 1 unspecified atom stereocenters. The molecule has 1 saturated heterocycles. The summed E-state index contributed by atoms with van der Waals surface area (Å²) in [6.07, 6.45) is 2.31. The summed E-state index contributed by atoms with van der Waals surface area (Å²) in [5.41, 5.74) is 2.26. The molecule has 1 aliphatic heterocycles. The number of likely N-dealkylation sites (N-methyl/N-ethyl adjacent to an activating group) is 1. The summed E-state index contributed by atoms with van der Waals surface area (Å²) in [5.74, 6) is 1.55. The van der Waals surface area contributed by atoms with Crippen LogP contribution in [0.15, 0.2) is 60.9 Å². The lowest BCUT2D eigenvalue weighted by molar-refractivity contribution is 0.128. The molecule has 1 N–H and O–H groups in total. The molecule has 1 fully saturated rings. The molecule has 2 aromatic carbocycles. The van der Waals surface area contributed by atoms with Crippen LogP contribution in [-0.4, -0.2) is 43.1 Å². The molecule has 150 valence electrons. The molecule has 1 aliphatic rings. The summed E-state index contributed by atoms with van der Waals surface area (Å²) < 4.78 is 18.5. The molecular weight excluding hydrogens is 353 g/mol. The molecule has 0 spiro atoms. The number of nitrogens with one attached hydrogen (secondary N) is 1. The van der Waals surface area contributed by atoms with Crippen LogP contribution in [0.5, 0.6) is 5.75 Å². The number of benzene rings is 2. The van der Waals surface area contributed by atoms with E-state index < -0.39 is 0 Å². The van der Waals surface area contributed by atoms with Gasteiger partial charge in [-0.2, -0.15) is 0 Å². The Morgan fingerprint density at radius 3 is 2.50 bits per heavy atom. The number of nitrogens with zero attached hydrogens (tertiary/aromatic N) is 2. The van der Waals surface area contributed by atoms with E-state index in [2.05, 4.69) is 40.9 Å². The van der Waals surface area contributed by atoms with Crippen LogP contribution in [0.2, 0.25) is 0 Å². The minimum absolute atomic E-state index is 0.204. The van der Waals surface area contributed by atoms with Crippen molar-refractivity contribution < 1.29 is 9.13 Å². The van der Waals surface area contributed by atoms with Gasteiger partial charge in [0, 0.05) is 25.7 Å². The van der Waals surface area contributed by atoms with Gasteiger partial charge in [-0.15, -0.1) is 0 Å². The van der Waals surface area contributed by atoms with Gasteiger partial charge in [0.05, 0.1) is 12.9 Å². The Morgan fingerprint density at radius 2 is 1.86 bits per heavy atom. The Kier molecular flexibility index (Phi) is 6.93. The second kappa shape index (κ2) is 9.60. The maximum absolute atomic E-state index is 13.3. The summed E-state index contributed by atoms with van der Waals surface area (Å²) >= 11 is 0. The molecule has 0 radical (unpaired) electrons. The van der Waals surface area contributed by atoms with Crippen molar-refractivity contribution in [2.75, 3.05) is 27.2 Å². The Hall–Kier alpha value is -2.53. The summed E-state index contributed by atoms with van der Waals surface area (Å²) in [6, 6.07) is 15.2. The molecule has 3 rings (SSSR count). The zero-order chi connectivity index (χ0) is 19.9. The Balaban J connectivity index is 1.68. The lowest BCUT2D eigenvalue weighted by atomic mass is 10.0. The summed E-state index contributed by atoms with van der Waals surface area (Å²) in [5, 5.41) is 3.48. The first-order chi connectivity index (χ1) is 13.5. The van der Waals surface area contributed by atoms with Gasteiger partial charge in [-0.05, 0) is 61.8 Å². The van der Waals surface area contributed by atoms with Crippen molar-refractivity contribution in [3.05, 3.63) is 77.9 Å². The second-order valence-corrected chi connectivity index (χ2v) is 7.46. The topological polar surface area (TPSA) is 27.7 Å². The third kappa shape index (κ3) is 5.49. The molecule has 2 aromatic rings. The Labute approximate surface area is 167 Å². The largest absolute Gasteiger partial charge is 0.497 e. The quantitative estimate of drug-likeness (QED) is 0.746. The van der Waals surface area contributed by atoms with E-state index in [1.54, 1.807) is 7.11 Å². The van der Waals surface area contributed by atoms with Gasteiger partial charge in [0.15, 0.2) is 0 Å². The lowest BCUT2D eigenvalue weighted by Gasteiger charge is -2.40. The fourth-order valence-electron chi connectivity index (χ4n) is 3.67. The van der Waals surface area contributed by atoms with Crippen LogP contribution < -0.4 is 10.1 Å². The maximum Gasteiger partial charge on any atom is 0.123 e. The van der Waals surface area contributed by atoms with Crippen molar-refractivity contribution in [3.8, 4) is 5.75 Å². The number of likely N-dealkylation sites (tertiary alicyclic amines) is 1. The van der Waals surface area contributed by atoms with Gasteiger partial charge in [-0.25, -0.2) is 4.39 Å². The molecule has 5 heteroatoms. The Bertz CT molecular complexity index is 760. The first-order valence-electron chi connectivity index (χ1n) is 9.80. The van der Waals surface area contributed by atoms with Crippen molar-refractivity contribution in [1.82, 2.24) is 15.1 Å². The number of methoxy groups -OCH3 is 1. The predicted octanol–water partition coefficient (Wildman–Crippen LogP) is 3.99. The van der Waals surface area contributed by atoms with Crippen LogP contribution >= 0.6 is 0 Å². The van der Waals surface area contributed by atoms with Crippen LogP contribution in [0.3, 0.4) is 0 Å². The first-order valence-corrected chi connectivity index (χ1v) is 9.80. The number of hydrogen-bond donors (Lipinski definition) is 1. The number of piperidine rings is 1. The average molecular weight is 384 g/mol. The first kappa shape index (κ1) is 20.2. The SMILES string of the molecule is C=C(NCc1ccc(OC)cc1)N(Cc1ccc(F)cc1)C1CCCN(C)C1. The van der Waals surface area contributed by atoms with Crippen LogP contribution in [0.1, 0.15) is 24.0 Å². The van der Waals surface area contributed by atoms with Crippen molar-refractivity contribution in [1.29, 1.82) is 0 Å². The summed E-state index contributed by atoms with van der Waals surface area (Å²) in [7, 11) is 3.83. The fourth-order valence-corrected chi connectivity index (χ4v) is 3.67. The maximum atomic E-state index is 13.3. The number of halogens is 1. The summed E-state index contributed by atoms with van der Waals surface area (Å²) in [6.45, 7) is 7.87. The third-order valence-electron chi connectivity index (χ3n) is 5.31. The van der Waals surface area contributed by atoms with E-state index in [0.29, 0.717) is 19.1 Å². The van der Waals surface area contributed by atoms with Crippen LogP contribution in [0.4, 0.5) is 4.39 Å². The second-order valence-electron chi connectivity index (χ2n) is 7.46. The molecule has 1 atom stereocenters. The highest BCUT2D eigenvalue weighted by Gasteiger charge is 2.24. The molecule has 0 saturated carbocycles. The minimum Gasteiger partial charge on any atom is -0.497 e. The zero-order valence-corrected chi connectivity index (χ0v) is 16.8. The van der Waals surface area contributed by atoms with Gasteiger partial charge in [0.1, 0.15) is 11.6 Å². The van der Waals surface area contributed by atoms with Gasteiger partial charge in [-0.1, -0.05) is 30.8 Å². The fraction of sp³-hybridized carbons (Fsp3) is 0.391. The molecule has 4 nitrogen and oxygen atoms in total. The van der Waals surface area contributed by atoms with Crippen LogP contribution in [0.25, 0.3) is 0 Å². The summed E-state index contributed by atoms with van der Waals surface area (Å²) in [4.78, 5) is 4.69. The average Bonchev–Trinajstić information content (AvgIpc) is 2.72. The van der Waals surface area contributed by atoms with Gasteiger partial charge in [0.2, 0.25) is 0 Å². The van der Waals surface area contributed by atoms with Gasteiger partial charge < -0.3 is 19.9 Å². The third-order valence-corrected chi connectivity index (χ3v) is 5.31. The number of hydrogen-bond acceptors (Lipinski definition) is 4. The van der Waals surface area contributed by atoms with E-state index in [1.807, 2.05) is 24.3 Å². The van der Waals surface area contributed by atoms with E-state index in [-0.39, 0.29) is 5.82 Å². The van der Waals surface area contributed by atoms with E-state index in [1.165, 1.54) is 24.1 Å². The molecule has 0 aromatic heterocycles. The minimum atomic E-state index is -0.204. The van der Waals surface area contributed by atoms with Gasteiger partial charge in [0.25, 0.3) is 0 Å². The molecule has 1 heterocycles. The molecule has 0 amide bonds. The Morgan fingerprint density at radius 1 is 1.18 bits per heavy atom. The standard InChI is InChI=1S/C23H30FN3O/c1-18(25-15-19-8-12-23(28-3)13-9-19)27(22-5-4-14-26(2)17-22)16-20-6-10-21(24)11-7-20/h6-13,22,25H,1,4-5,14-17H2,2-3H3. The van der Waals surface area contributed by atoms with Crippen molar-refractivity contribution >= 4 is 0 Å². The van der Waals surface area contributed by atoms with Crippen LogP contribution in [-0.2, 0) is 13.1 Å². The predicted molar refractivity (Wildman–Crippen MR) is 111 cm³/mol. The highest BCUT2D eigenvalue weighted by atomic mass is 19.1. The van der Waals surface area contributed by atoms with Gasteiger partial charge >= 0.3 is 0 Å². The van der Waals surface area contributed by atoms with Crippen molar-refractivity contribution in [2.45, 2.75) is 32.0 Å². The zero-order valence-electron chi connectivity index (χ0n) is 16.8. The van der Waals surface area contributed by atoms with E-state index >= 15 is 0 Å². The lowest BCUT2D eigenvalue weighted by Crippen LogP contribution is -2.47. The molecule has 0 bridgehead atoms. The van der Waals surface area contributed by atoms with E-state index in [9.17, 15) is 4.39 Å². The number of ether oxygens (including phenoxy) is 1. The highest BCUT2D eigenvalue weighted by Crippen LogP contribution is 2.21. The highest BCUT2D eigenvalue weighted by molar-refractivity contribution is 5.27. The van der Waals surface area contributed by atoms with E-state index in [0.717, 1.165) is 36.6 Å². The molecule has 0 aliphatic carbocycles. The van der Waals surface area contributed by atoms with Crippen LogP contribution in [0, 0.1) is 5.82 Å². The van der Waals surface area contributed by atoms with Crippen molar-refractivity contribution in [2.24, 2.45) is 0 Å². The van der Waals surface area contributed by atoms with E-state index in [4.69, 9.17) is 4.74 Å². The molecular formula is C23H30FN3O. The number of rotatable bonds is 8. The normalized spacial score (nSPS) is 17.2. The van der Waals surface area contributed by atoms with Crippen molar-refractivity contribution in [3.63, 3.8) is 0 Å². The monoisotopic (exact) mass is 383 g/mol. The van der Waals surface area contributed by atoms with Gasteiger partial charge in [-0.3, -0.25) is 0 Å².